The normalized spacial score (nSPS) is 28.2. The van der Waals surface area contributed by atoms with Gasteiger partial charge >= 0.3 is 0 Å². The molecule has 3 N–H and O–H groups in total. The molecule has 0 spiro atoms. The summed E-state index contributed by atoms with van der Waals surface area (Å²) in [6, 6.07) is 7.18. The highest BCUT2D eigenvalue weighted by atomic mass is 16.5. The molecule has 0 aliphatic carbocycles. The van der Waals surface area contributed by atoms with E-state index in [1.54, 1.807) is 6.33 Å². The van der Waals surface area contributed by atoms with Crippen LogP contribution in [0.1, 0.15) is 57.7 Å². The van der Waals surface area contributed by atoms with Gasteiger partial charge in [-0.15, -0.1) is 0 Å². The molecule has 5 atom stereocenters. The van der Waals surface area contributed by atoms with Crippen LogP contribution >= 0.6 is 0 Å². The third kappa shape index (κ3) is 4.82. The predicted octanol–water partition coefficient (Wildman–Crippen LogP) is 3.82. The number of nitrogens with zero attached hydrogens (tertiary/aromatic N) is 4. The average molecular weight is 450 g/mol. The van der Waals surface area contributed by atoms with Gasteiger partial charge in [-0.3, -0.25) is 0 Å². The maximum Gasteiger partial charge on any atom is 0.143 e. The van der Waals surface area contributed by atoms with E-state index in [9.17, 15) is 0 Å². The first-order valence-electron chi connectivity index (χ1n) is 12.1. The highest BCUT2D eigenvalue weighted by Gasteiger charge is 2.28. The molecule has 3 aromatic heterocycles. The number of rotatable bonds is 5. The van der Waals surface area contributed by atoms with E-state index in [0.29, 0.717) is 24.5 Å². The summed E-state index contributed by atoms with van der Waals surface area (Å²) in [5.41, 5.74) is 3.16. The lowest BCUT2D eigenvalue weighted by atomic mass is 9.86. The molecular weight excluding hydrogens is 414 g/mol. The minimum atomic E-state index is 0.257. The van der Waals surface area contributed by atoms with Gasteiger partial charge in [-0.25, -0.2) is 15.0 Å². The Morgan fingerprint density at radius 3 is 2.58 bits per heavy atom. The SMILES string of the molecule is C[C@@H]1CN(c2cccc(CNc3ncnc4[nH]cc(C5C[C@@H](C)O[C@@H](C)C5)c34)n2)C[C@H](C)N1. The molecule has 1 unspecified atom stereocenters. The van der Waals surface area contributed by atoms with Crippen LogP contribution in [0.25, 0.3) is 11.0 Å². The average Bonchev–Trinajstić information content (AvgIpc) is 3.21. The van der Waals surface area contributed by atoms with Gasteiger partial charge in [-0.05, 0) is 64.2 Å². The fourth-order valence-corrected chi connectivity index (χ4v) is 5.53. The molecule has 8 heteroatoms. The molecule has 0 saturated carbocycles. The molecule has 0 bridgehead atoms. The van der Waals surface area contributed by atoms with Gasteiger partial charge < -0.3 is 25.3 Å². The van der Waals surface area contributed by atoms with Crippen molar-refractivity contribution in [2.45, 2.75) is 77.3 Å². The molecule has 176 valence electrons. The monoisotopic (exact) mass is 449 g/mol. The predicted molar refractivity (Wildman–Crippen MR) is 132 cm³/mol. The van der Waals surface area contributed by atoms with E-state index < -0.39 is 0 Å². The summed E-state index contributed by atoms with van der Waals surface area (Å²) in [5, 5.41) is 8.22. The van der Waals surface area contributed by atoms with Crippen LogP contribution in [0.2, 0.25) is 0 Å². The van der Waals surface area contributed by atoms with Crippen molar-refractivity contribution in [3.63, 3.8) is 0 Å². The lowest BCUT2D eigenvalue weighted by Gasteiger charge is -2.37. The molecule has 5 rings (SSSR count). The number of nitrogens with one attached hydrogen (secondary N) is 3. The van der Waals surface area contributed by atoms with Crippen molar-refractivity contribution in [3.05, 3.63) is 42.0 Å². The highest BCUT2D eigenvalue weighted by molar-refractivity contribution is 5.90. The standard InChI is InChI=1S/C25H35N7O/c1-15-12-32(13-16(2)30-15)22-7-5-6-20(31-22)10-26-24-23-21(11-27-25(23)29-14-28-24)19-8-17(3)33-18(4)9-19/h5-7,11,14-19,30H,8-10,12-13H2,1-4H3,(H2,26,27,28,29)/t15-,16+,17-,18+,19?. The van der Waals surface area contributed by atoms with E-state index in [0.717, 1.165) is 54.3 Å². The molecule has 0 amide bonds. The van der Waals surface area contributed by atoms with Crippen LogP contribution in [0.3, 0.4) is 0 Å². The van der Waals surface area contributed by atoms with E-state index in [2.05, 4.69) is 82.6 Å². The maximum atomic E-state index is 5.96. The fraction of sp³-hybridized carbons (Fsp3) is 0.560. The van der Waals surface area contributed by atoms with E-state index >= 15 is 0 Å². The molecule has 0 radical (unpaired) electrons. The van der Waals surface area contributed by atoms with Crippen LogP contribution in [0.15, 0.2) is 30.7 Å². The molecule has 2 fully saturated rings. The number of ether oxygens (including phenoxy) is 1. The lowest BCUT2D eigenvalue weighted by molar-refractivity contribution is -0.0378. The highest BCUT2D eigenvalue weighted by Crippen LogP contribution is 2.38. The quantitative estimate of drug-likeness (QED) is 0.545. The summed E-state index contributed by atoms with van der Waals surface area (Å²) in [7, 11) is 0. The first-order chi connectivity index (χ1) is 16.0. The number of pyridine rings is 1. The molecule has 2 aliphatic rings. The van der Waals surface area contributed by atoms with Crippen LogP contribution in [0.4, 0.5) is 11.6 Å². The smallest absolute Gasteiger partial charge is 0.143 e. The third-order valence-electron chi connectivity index (χ3n) is 6.75. The molecule has 5 heterocycles. The lowest BCUT2D eigenvalue weighted by Crippen LogP contribution is -2.54. The summed E-state index contributed by atoms with van der Waals surface area (Å²) in [6.45, 7) is 11.3. The van der Waals surface area contributed by atoms with E-state index in [-0.39, 0.29) is 12.2 Å². The summed E-state index contributed by atoms with van der Waals surface area (Å²) in [6.07, 6.45) is 6.26. The molecule has 33 heavy (non-hydrogen) atoms. The summed E-state index contributed by atoms with van der Waals surface area (Å²) < 4.78 is 5.96. The number of piperazine rings is 1. The Kier molecular flexibility index (Phi) is 6.21. The topological polar surface area (TPSA) is 91.0 Å². The largest absolute Gasteiger partial charge is 0.376 e. The van der Waals surface area contributed by atoms with E-state index in [4.69, 9.17) is 9.72 Å². The zero-order chi connectivity index (χ0) is 22.9. The first kappa shape index (κ1) is 22.1. The number of fused-ring (bicyclic) bond motifs is 1. The number of anilines is 2. The van der Waals surface area contributed by atoms with Gasteiger partial charge in [0.2, 0.25) is 0 Å². The summed E-state index contributed by atoms with van der Waals surface area (Å²) in [5.74, 6) is 2.33. The number of hydrogen-bond acceptors (Lipinski definition) is 7. The van der Waals surface area contributed by atoms with Crippen LogP contribution in [0.5, 0.6) is 0 Å². The van der Waals surface area contributed by atoms with E-state index in [1.807, 2.05) is 0 Å². The molecule has 2 aliphatic heterocycles. The van der Waals surface area contributed by atoms with Gasteiger partial charge in [-0.2, -0.15) is 0 Å². The van der Waals surface area contributed by atoms with Crippen LogP contribution in [0, 0.1) is 0 Å². The summed E-state index contributed by atoms with van der Waals surface area (Å²) >= 11 is 0. The molecule has 3 aromatic rings. The minimum absolute atomic E-state index is 0.257. The van der Waals surface area contributed by atoms with Gasteiger partial charge in [0.15, 0.2) is 0 Å². The van der Waals surface area contributed by atoms with Crippen molar-refractivity contribution in [3.8, 4) is 0 Å². The first-order valence-corrected chi connectivity index (χ1v) is 12.1. The Morgan fingerprint density at radius 1 is 1.06 bits per heavy atom. The van der Waals surface area contributed by atoms with Gasteiger partial charge in [0.05, 0.1) is 29.8 Å². The van der Waals surface area contributed by atoms with Crippen LogP contribution in [-0.2, 0) is 11.3 Å². The second-order valence-corrected chi connectivity index (χ2v) is 9.83. The number of H-pyrrole nitrogens is 1. The Morgan fingerprint density at radius 2 is 1.82 bits per heavy atom. The summed E-state index contributed by atoms with van der Waals surface area (Å²) in [4.78, 5) is 19.7. The van der Waals surface area contributed by atoms with Crippen molar-refractivity contribution >= 4 is 22.7 Å². The number of aromatic nitrogens is 4. The number of aromatic amines is 1. The number of hydrogen-bond donors (Lipinski definition) is 3. The Labute approximate surface area is 195 Å². The van der Waals surface area contributed by atoms with Crippen LogP contribution in [-0.4, -0.2) is 57.3 Å². The van der Waals surface area contributed by atoms with Gasteiger partial charge in [0.25, 0.3) is 0 Å². The zero-order valence-electron chi connectivity index (χ0n) is 20.0. The van der Waals surface area contributed by atoms with Crippen molar-refractivity contribution in [2.75, 3.05) is 23.3 Å². The second-order valence-electron chi connectivity index (χ2n) is 9.83. The molecular formula is C25H35N7O. The van der Waals surface area contributed by atoms with Gasteiger partial charge in [0.1, 0.15) is 23.6 Å². The zero-order valence-corrected chi connectivity index (χ0v) is 20.0. The van der Waals surface area contributed by atoms with Crippen molar-refractivity contribution in [2.24, 2.45) is 0 Å². The third-order valence-corrected chi connectivity index (χ3v) is 6.75. The van der Waals surface area contributed by atoms with Crippen molar-refractivity contribution in [1.29, 1.82) is 0 Å². The van der Waals surface area contributed by atoms with E-state index in [1.165, 1.54) is 5.56 Å². The van der Waals surface area contributed by atoms with Crippen molar-refractivity contribution in [1.82, 2.24) is 25.3 Å². The minimum Gasteiger partial charge on any atom is -0.376 e. The maximum absolute atomic E-state index is 5.96. The Hall–Kier alpha value is -2.71. The molecule has 8 nitrogen and oxygen atoms in total. The fourth-order valence-electron chi connectivity index (χ4n) is 5.53. The Balaban J connectivity index is 1.36. The molecule has 0 aromatic carbocycles. The Bertz CT molecular complexity index is 1080. The second kappa shape index (κ2) is 9.27. The molecule has 2 saturated heterocycles. The van der Waals surface area contributed by atoms with Crippen molar-refractivity contribution < 1.29 is 4.74 Å². The van der Waals surface area contributed by atoms with Gasteiger partial charge in [0, 0.05) is 31.4 Å². The van der Waals surface area contributed by atoms with Gasteiger partial charge in [-0.1, -0.05) is 6.07 Å². The van der Waals surface area contributed by atoms with Crippen LogP contribution < -0.4 is 15.5 Å².